The monoisotopic (exact) mass is 444 g/mol. The van der Waals surface area contributed by atoms with Crippen molar-refractivity contribution in [2.75, 3.05) is 13.7 Å². The Labute approximate surface area is 187 Å². The Bertz CT molecular complexity index is 1040. The number of ether oxygens (including phenoxy) is 1. The average Bonchev–Trinajstić information content (AvgIpc) is 3.02. The van der Waals surface area contributed by atoms with Gasteiger partial charge >= 0.3 is 11.8 Å². The number of benzene rings is 1. The van der Waals surface area contributed by atoms with Crippen LogP contribution < -0.4 is 16.3 Å². The fourth-order valence-electron chi connectivity index (χ4n) is 4.22. The summed E-state index contributed by atoms with van der Waals surface area (Å²) in [4.78, 5) is 47.5. The van der Waals surface area contributed by atoms with E-state index >= 15 is 0 Å². The molecule has 1 aromatic heterocycles. The van der Waals surface area contributed by atoms with E-state index < -0.39 is 11.9 Å². The summed E-state index contributed by atoms with van der Waals surface area (Å²) in [7, 11) is 3.08. The molecule has 0 bridgehead atoms. The van der Waals surface area contributed by atoms with Crippen molar-refractivity contribution in [3.8, 4) is 0 Å². The second-order valence-electron chi connectivity index (χ2n) is 8.29. The highest BCUT2D eigenvalue weighted by Crippen LogP contribution is 2.24. The third-order valence-corrected chi connectivity index (χ3v) is 6.02. The summed E-state index contributed by atoms with van der Waals surface area (Å²) >= 11 is 0. The number of piperidine rings is 1. The first kappa shape index (κ1) is 23.6. The first-order valence-corrected chi connectivity index (χ1v) is 11.3. The SMILES string of the molecule is COC(=O)NCCCCCCCCc1ccc2c(c1)n(C)c(=O)n2C1CCC(=O)NC1=O. The molecule has 2 aromatic rings. The van der Waals surface area contributed by atoms with Gasteiger partial charge in [-0.1, -0.05) is 31.7 Å². The van der Waals surface area contributed by atoms with Gasteiger partial charge in [-0.2, -0.15) is 0 Å². The van der Waals surface area contributed by atoms with Gasteiger partial charge in [0.2, 0.25) is 11.8 Å². The quantitative estimate of drug-likeness (QED) is 0.432. The molecule has 1 unspecified atom stereocenters. The number of alkyl carbamates (subject to hydrolysis) is 1. The van der Waals surface area contributed by atoms with E-state index in [-0.39, 0.29) is 24.1 Å². The molecule has 32 heavy (non-hydrogen) atoms. The number of nitrogens with zero attached hydrogens (tertiary/aromatic N) is 2. The molecule has 2 heterocycles. The van der Waals surface area contributed by atoms with Gasteiger partial charge in [-0.3, -0.25) is 24.0 Å². The maximum absolute atomic E-state index is 12.8. The molecule has 1 aromatic carbocycles. The largest absolute Gasteiger partial charge is 0.453 e. The Morgan fingerprint density at radius 2 is 1.81 bits per heavy atom. The van der Waals surface area contributed by atoms with E-state index in [0.717, 1.165) is 61.5 Å². The lowest BCUT2D eigenvalue weighted by Gasteiger charge is -2.21. The topological polar surface area (TPSA) is 111 Å². The number of nitrogens with one attached hydrogen (secondary N) is 2. The minimum absolute atomic E-state index is 0.235. The number of carbonyl (C=O) groups is 3. The smallest absolute Gasteiger partial charge is 0.406 e. The molecule has 9 heteroatoms. The molecule has 0 aliphatic carbocycles. The van der Waals surface area contributed by atoms with Crippen LogP contribution in [0.15, 0.2) is 23.0 Å². The number of hydrogen-bond donors (Lipinski definition) is 2. The molecule has 1 aliphatic rings. The van der Waals surface area contributed by atoms with Crippen molar-refractivity contribution in [3.63, 3.8) is 0 Å². The highest BCUT2D eigenvalue weighted by Gasteiger charge is 2.31. The molecular weight excluding hydrogens is 412 g/mol. The van der Waals surface area contributed by atoms with Crippen LogP contribution in [0.2, 0.25) is 0 Å². The van der Waals surface area contributed by atoms with Crippen LogP contribution in [0.3, 0.4) is 0 Å². The third-order valence-electron chi connectivity index (χ3n) is 6.02. The Kier molecular flexibility index (Phi) is 8.08. The minimum Gasteiger partial charge on any atom is -0.453 e. The standard InChI is InChI=1S/C23H32N4O5/c1-26-19-15-16(9-7-5-3-4-6-8-14-24-22(30)32-2)10-11-17(19)27(23(26)31)18-12-13-20(28)25-21(18)29/h10-11,15,18H,3-9,12-14H2,1-2H3,(H,24,30)(H,25,28,29). The van der Waals surface area contributed by atoms with E-state index in [4.69, 9.17) is 0 Å². The number of carbonyl (C=O) groups excluding carboxylic acids is 3. The van der Waals surface area contributed by atoms with Gasteiger partial charge in [0.05, 0.1) is 18.1 Å². The average molecular weight is 445 g/mol. The third kappa shape index (κ3) is 5.57. The van der Waals surface area contributed by atoms with E-state index in [1.807, 2.05) is 18.2 Å². The van der Waals surface area contributed by atoms with Gasteiger partial charge in [0.25, 0.3) is 0 Å². The molecule has 1 aliphatic heterocycles. The zero-order chi connectivity index (χ0) is 23.1. The lowest BCUT2D eigenvalue weighted by molar-refractivity contribution is -0.135. The van der Waals surface area contributed by atoms with Crippen molar-refractivity contribution in [1.29, 1.82) is 0 Å². The highest BCUT2D eigenvalue weighted by molar-refractivity contribution is 6.00. The molecule has 1 atom stereocenters. The van der Waals surface area contributed by atoms with Crippen molar-refractivity contribution in [3.05, 3.63) is 34.2 Å². The van der Waals surface area contributed by atoms with Crippen molar-refractivity contribution in [2.45, 2.75) is 63.8 Å². The maximum atomic E-state index is 12.8. The summed E-state index contributed by atoms with van der Waals surface area (Å²) in [5.74, 6) is -0.708. The van der Waals surface area contributed by atoms with Crippen LogP contribution in [-0.2, 0) is 27.8 Å². The molecule has 0 spiro atoms. The summed E-state index contributed by atoms with van der Waals surface area (Å²) in [6.07, 6.45) is 7.60. The molecule has 1 fully saturated rings. The number of unbranched alkanes of at least 4 members (excludes halogenated alkanes) is 5. The first-order chi connectivity index (χ1) is 15.4. The van der Waals surface area contributed by atoms with Crippen molar-refractivity contribution in [2.24, 2.45) is 7.05 Å². The fraction of sp³-hybridized carbons (Fsp3) is 0.565. The predicted molar refractivity (Wildman–Crippen MR) is 120 cm³/mol. The van der Waals surface area contributed by atoms with Crippen LogP contribution in [-0.4, -0.2) is 40.7 Å². The molecular formula is C23H32N4O5. The zero-order valence-corrected chi connectivity index (χ0v) is 18.8. The molecule has 3 rings (SSSR count). The minimum atomic E-state index is -0.655. The number of imide groups is 1. The van der Waals surface area contributed by atoms with Crippen LogP contribution in [0.25, 0.3) is 11.0 Å². The van der Waals surface area contributed by atoms with Crippen LogP contribution >= 0.6 is 0 Å². The number of aromatic nitrogens is 2. The second kappa shape index (κ2) is 11.0. The molecule has 0 saturated carbocycles. The molecule has 9 nitrogen and oxygen atoms in total. The molecule has 3 amide bonds. The van der Waals surface area contributed by atoms with Gasteiger partial charge in [0, 0.05) is 20.0 Å². The van der Waals surface area contributed by atoms with Gasteiger partial charge in [-0.15, -0.1) is 0 Å². The summed E-state index contributed by atoms with van der Waals surface area (Å²) in [6.45, 7) is 0.643. The molecule has 0 radical (unpaired) electrons. The summed E-state index contributed by atoms with van der Waals surface area (Å²) in [6, 6.07) is 5.29. The summed E-state index contributed by atoms with van der Waals surface area (Å²) in [5, 5.41) is 5.01. The first-order valence-electron chi connectivity index (χ1n) is 11.3. The fourth-order valence-corrected chi connectivity index (χ4v) is 4.22. The highest BCUT2D eigenvalue weighted by atomic mass is 16.5. The number of fused-ring (bicyclic) bond motifs is 1. The van der Waals surface area contributed by atoms with Crippen molar-refractivity contribution < 1.29 is 19.1 Å². The number of rotatable bonds is 10. The van der Waals surface area contributed by atoms with E-state index in [0.29, 0.717) is 13.0 Å². The van der Waals surface area contributed by atoms with Gasteiger partial charge in [-0.25, -0.2) is 9.59 Å². The van der Waals surface area contributed by atoms with Gasteiger partial charge in [0.15, 0.2) is 0 Å². The summed E-state index contributed by atoms with van der Waals surface area (Å²) in [5.41, 5.74) is 2.44. The van der Waals surface area contributed by atoms with Gasteiger partial charge < -0.3 is 10.1 Å². The Hall–Kier alpha value is -3.10. The predicted octanol–water partition coefficient (Wildman–Crippen LogP) is 2.56. The number of hydrogen-bond acceptors (Lipinski definition) is 5. The van der Waals surface area contributed by atoms with Gasteiger partial charge in [0.1, 0.15) is 6.04 Å². The van der Waals surface area contributed by atoms with Crippen molar-refractivity contribution in [1.82, 2.24) is 19.8 Å². The lowest BCUT2D eigenvalue weighted by atomic mass is 10.0. The van der Waals surface area contributed by atoms with Crippen LogP contribution in [0.5, 0.6) is 0 Å². The molecule has 2 N–H and O–H groups in total. The van der Waals surface area contributed by atoms with Gasteiger partial charge in [-0.05, 0) is 43.4 Å². The number of aryl methyl sites for hydroxylation is 2. The zero-order valence-electron chi connectivity index (χ0n) is 18.8. The van der Waals surface area contributed by atoms with Crippen LogP contribution in [0.1, 0.15) is 63.0 Å². The number of amides is 3. The van der Waals surface area contributed by atoms with Crippen LogP contribution in [0, 0.1) is 0 Å². The van der Waals surface area contributed by atoms with E-state index in [1.165, 1.54) is 11.7 Å². The maximum Gasteiger partial charge on any atom is 0.406 e. The molecule has 174 valence electrons. The number of methoxy groups -OCH3 is 1. The second-order valence-corrected chi connectivity index (χ2v) is 8.29. The normalized spacial score (nSPS) is 16.2. The lowest BCUT2D eigenvalue weighted by Crippen LogP contribution is -2.44. The molecule has 1 saturated heterocycles. The van der Waals surface area contributed by atoms with E-state index in [1.54, 1.807) is 11.6 Å². The van der Waals surface area contributed by atoms with Crippen LogP contribution in [0.4, 0.5) is 4.79 Å². The Morgan fingerprint density at radius 1 is 1.09 bits per heavy atom. The number of imidazole rings is 1. The summed E-state index contributed by atoms with van der Waals surface area (Å²) < 4.78 is 7.62. The Balaban J connectivity index is 1.51. The van der Waals surface area contributed by atoms with E-state index in [9.17, 15) is 19.2 Å². The Morgan fingerprint density at radius 3 is 2.53 bits per heavy atom. The van der Waals surface area contributed by atoms with Crippen molar-refractivity contribution >= 4 is 28.9 Å². The van der Waals surface area contributed by atoms with E-state index in [2.05, 4.69) is 15.4 Å².